The van der Waals surface area contributed by atoms with Crippen LogP contribution >= 0.6 is 11.3 Å². The average Bonchev–Trinajstić information content (AvgIpc) is 3.22. The second-order valence-electron chi connectivity index (χ2n) is 4.33. The van der Waals surface area contributed by atoms with Crippen LogP contribution in [0.15, 0.2) is 47.1 Å². The van der Waals surface area contributed by atoms with Crippen LogP contribution in [-0.2, 0) is 0 Å². The molecule has 0 amide bonds. The van der Waals surface area contributed by atoms with Gasteiger partial charge in [-0.2, -0.15) is 9.61 Å². The molecule has 7 heteroatoms. The highest BCUT2D eigenvalue weighted by Gasteiger charge is 2.15. The van der Waals surface area contributed by atoms with Crippen molar-refractivity contribution in [2.45, 2.75) is 0 Å². The summed E-state index contributed by atoms with van der Waals surface area (Å²) in [5.41, 5.74) is 1.82. The summed E-state index contributed by atoms with van der Waals surface area (Å²) in [6, 6.07) is 11.2. The number of aldehydes is 1. The van der Waals surface area contributed by atoms with Crippen molar-refractivity contribution in [3.63, 3.8) is 0 Å². The van der Waals surface area contributed by atoms with E-state index in [4.69, 9.17) is 4.42 Å². The zero-order valence-corrected chi connectivity index (χ0v) is 11.4. The molecule has 0 radical (unpaired) electrons. The minimum Gasteiger partial charge on any atom is -0.453 e. The number of benzene rings is 1. The smallest absolute Gasteiger partial charge is 0.234 e. The molecule has 0 unspecified atom stereocenters. The number of carbonyl (C=O) groups is 1. The Morgan fingerprint density at radius 3 is 2.76 bits per heavy atom. The lowest BCUT2D eigenvalue weighted by molar-refractivity contribution is 0.110. The minimum absolute atomic E-state index is 0.304. The zero-order valence-electron chi connectivity index (χ0n) is 10.6. The summed E-state index contributed by atoms with van der Waals surface area (Å²) in [5, 5.41) is 13.1. The molecule has 0 atom stereocenters. The number of rotatable bonds is 3. The van der Waals surface area contributed by atoms with E-state index < -0.39 is 0 Å². The summed E-state index contributed by atoms with van der Waals surface area (Å²) in [6.45, 7) is 0. The second kappa shape index (κ2) is 4.64. The summed E-state index contributed by atoms with van der Waals surface area (Å²) in [4.78, 5) is 11.5. The van der Waals surface area contributed by atoms with Gasteiger partial charge in [0.2, 0.25) is 4.96 Å². The molecule has 0 aliphatic carbocycles. The highest BCUT2D eigenvalue weighted by molar-refractivity contribution is 7.19. The number of nitrogens with zero attached hydrogens (tertiary/aromatic N) is 4. The van der Waals surface area contributed by atoms with Gasteiger partial charge in [0.05, 0.1) is 0 Å². The van der Waals surface area contributed by atoms with Crippen LogP contribution in [0.3, 0.4) is 0 Å². The van der Waals surface area contributed by atoms with Gasteiger partial charge in [0.1, 0.15) is 17.1 Å². The van der Waals surface area contributed by atoms with Crippen LogP contribution in [0.2, 0.25) is 0 Å². The van der Waals surface area contributed by atoms with Crippen molar-refractivity contribution in [1.29, 1.82) is 0 Å². The Hall–Kier alpha value is -2.80. The van der Waals surface area contributed by atoms with Crippen LogP contribution in [0.25, 0.3) is 26.9 Å². The lowest BCUT2D eigenvalue weighted by Gasteiger charge is -2.03. The Morgan fingerprint density at radius 2 is 2.00 bits per heavy atom. The molecule has 4 rings (SSSR count). The monoisotopic (exact) mass is 296 g/mol. The van der Waals surface area contributed by atoms with Gasteiger partial charge in [0.15, 0.2) is 12.0 Å². The Kier molecular flexibility index (Phi) is 2.65. The van der Waals surface area contributed by atoms with Gasteiger partial charge in [-0.1, -0.05) is 35.6 Å². The summed E-state index contributed by atoms with van der Waals surface area (Å²) >= 11 is 1.45. The fourth-order valence-electron chi connectivity index (χ4n) is 2.11. The molecule has 0 aliphatic rings. The third-order valence-corrected chi connectivity index (χ3v) is 4.00. The number of hydrogen-bond donors (Lipinski definition) is 0. The molecular formula is C14H8N4O2S. The fourth-order valence-corrected chi connectivity index (χ4v) is 2.97. The number of carbonyl (C=O) groups excluding carboxylic acids is 1. The summed E-state index contributed by atoms with van der Waals surface area (Å²) in [6.07, 6.45) is 2.25. The Bertz CT molecular complexity index is 909. The van der Waals surface area contributed by atoms with Crippen molar-refractivity contribution in [2.24, 2.45) is 0 Å². The van der Waals surface area contributed by atoms with Gasteiger partial charge >= 0.3 is 0 Å². The first-order chi connectivity index (χ1) is 10.3. The number of furan rings is 1. The standard InChI is InChI=1S/C14H8N4O2S/c19-7-9-5-6-12(20-9)10-3-1-2-4-11(10)13-17-18-8-15-16-14(18)21-13/h1-8H. The van der Waals surface area contributed by atoms with Crippen LogP contribution < -0.4 is 0 Å². The van der Waals surface area contributed by atoms with E-state index in [1.807, 2.05) is 24.3 Å². The van der Waals surface area contributed by atoms with E-state index in [9.17, 15) is 4.79 Å². The van der Waals surface area contributed by atoms with Gasteiger partial charge in [0, 0.05) is 11.1 Å². The van der Waals surface area contributed by atoms with Gasteiger partial charge < -0.3 is 4.42 Å². The molecule has 3 heterocycles. The molecule has 21 heavy (non-hydrogen) atoms. The Balaban J connectivity index is 1.89. The highest BCUT2D eigenvalue weighted by Crippen LogP contribution is 2.34. The van der Waals surface area contributed by atoms with Crippen LogP contribution in [0.4, 0.5) is 0 Å². The van der Waals surface area contributed by atoms with Crippen LogP contribution in [-0.4, -0.2) is 26.1 Å². The molecule has 4 aromatic rings. The van der Waals surface area contributed by atoms with E-state index in [0.717, 1.165) is 21.1 Å². The lowest BCUT2D eigenvalue weighted by Crippen LogP contribution is -1.85. The van der Waals surface area contributed by atoms with Crippen LogP contribution in [0.5, 0.6) is 0 Å². The second-order valence-corrected chi connectivity index (χ2v) is 5.29. The van der Waals surface area contributed by atoms with E-state index in [-0.39, 0.29) is 0 Å². The number of aromatic nitrogens is 4. The first kappa shape index (κ1) is 12.0. The van der Waals surface area contributed by atoms with Crippen molar-refractivity contribution < 1.29 is 9.21 Å². The van der Waals surface area contributed by atoms with E-state index in [1.165, 1.54) is 11.3 Å². The van der Waals surface area contributed by atoms with Gasteiger partial charge in [-0.25, -0.2) is 0 Å². The van der Waals surface area contributed by atoms with Gasteiger partial charge in [-0.3, -0.25) is 4.79 Å². The predicted octanol–water partition coefficient (Wildman–Crippen LogP) is 2.93. The summed E-state index contributed by atoms with van der Waals surface area (Å²) in [5.74, 6) is 0.941. The van der Waals surface area contributed by atoms with E-state index in [2.05, 4.69) is 15.3 Å². The third-order valence-electron chi connectivity index (χ3n) is 3.05. The van der Waals surface area contributed by atoms with E-state index in [1.54, 1.807) is 23.0 Å². The van der Waals surface area contributed by atoms with Crippen molar-refractivity contribution >= 4 is 22.6 Å². The molecule has 0 aliphatic heterocycles. The maximum Gasteiger partial charge on any atom is 0.234 e. The van der Waals surface area contributed by atoms with E-state index in [0.29, 0.717) is 17.8 Å². The Morgan fingerprint density at radius 1 is 1.14 bits per heavy atom. The van der Waals surface area contributed by atoms with Gasteiger partial charge in [-0.15, -0.1) is 10.2 Å². The van der Waals surface area contributed by atoms with Crippen molar-refractivity contribution in [3.8, 4) is 21.9 Å². The molecule has 6 nitrogen and oxygen atoms in total. The van der Waals surface area contributed by atoms with Crippen molar-refractivity contribution in [3.05, 3.63) is 48.5 Å². The molecular weight excluding hydrogens is 288 g/mol. The minimum atomic E-state index is 0.304. The number of fused-ring (bicyclic) bond motifs is 1. The van der Waals surface area contributed by atoms with Crippen LogP contribution in [0, 0.1) is 0 Å². The first-order valence-electron chi connectivity index (χ1n) is 6.17. The molecule has 102 valence electrons. The first-order valence-corrected chi connectivity index (χ1v) is 6.98. The predicted molar refractivity (Wildman–Crippen MR) is 77.2 cm³/mol. The Labute approximate surface area is 122 Å². The largest absolute Gasteiger partial charge is 0.453 e. The van der Waals surface area contributed by atoms with E-state index >= 15 is 0 Å². The van der Waals surface area contributed by atoms with Crippen molar-refractivity contribution in [1.82, 2.24) is 19.8 Å². The SMILES string of the molecule is O=Cc1ccc(-c2ccccc2-c2nn3cnnc3s2)o1. The highest BCUT2D eigenvalue weighted by atomic mass is 32.1. The maximum absolute atomic E-state index is 10.8. The quantitative estimate of drug-likeness (QED) is 0.543. The summed E-state index contributed by atoms with van der Waals surface area (Å²) < 4.78 is 7.15. The molecule has 1 aromatic carbocycles. The normalized spacial score (nSPS) is 11.0. The van der Waals surface area contributed by atoms with Gasteiger partial charge in [-0.05, 0) is 12.1 Å². The topological polar surface area (TPSA) is 73.3 Å². The number of hydrogen-bond acceptors (Lipinski definition) is 6. The van der Waals surface area contributed by atoms with Crippen LogP contribution in [0.1, 0.15) is 10.6 Å². The third kappa shape index (κ3) is 1.95. The molecule has 0 saturated carbocycles. The van der Waals surface area contributed by atoms with Crippen molar-refractivity contribution in [2.75, 3.05) is 0 Å². The molecule has 0 fully saturated rings. The lowest BCUT2D eigenvalue weighted by atomic mass is 10.1. The molecule has 0 bridgehead atoms. The maximum atomic E-state index is 10.8. The fraction of sp³-hybridized carbons (Fsp3) is 0. The summed E-state index contributed by atoms with van der Waals surface area (Å²) in [7, 11) is 0. The average molecular weight is 296 g/mol. The molecule has 3 aromatic heterocycles. The molecule has 0 N–H and O–H groups in total. The zero-order chi connectivity index (χ0) is 14.2. The molecule has 0 saturated heterocycles. The van der Waals surface area contributed by atoms with Gasteiger partial charge in [0.25, 0.3) is 0 Å². The molecule has 0 spiro atoms.